The molecule has 1 heterocycles. The second kappa shape index (κ2) is 7.76. The number of para-hydroxylation sites is 2. The zero-order chi connectivity index (χ0) is 17.6. The maximum absolute atomic E-state index is 12.0. The third-order valence-electron chi connectivity index (χ3n) is 3.40. The second-order valence-corrected chi connectivity index (χ2v) is 6.24. The fourth-order valence-corrected chi connectivity index (χ4v) is 2.89. The van der Waals surface area contributed by atoms with Gasteiger partial charge in [-0.3, -0.25) is 10.1 Å². The minimum absolute atomic E-state index is 0.139. The van der Waals surface area contributed by atoms with Crippen molar-refractivity contribution < 1.29 is 14.3 Å². The molecule has 0 atom stereocenters. The van der Waals surface area contributed by atoms with Crippen LogP contribution >= 0.6 is 11.3 Å². The van der Waals surface area contributed by atoms with Gasteiger partial charge in [0.2, 0.25) is 5.13 Å². The maximum Gasteiger partial charge on any atom is 0.264 e. The lowest BCUT2D eigenvalue weighted by Gasteiger charge is -2.09. The SMILES string of the molecule is COc1ccccc1OCC(=O)Nc1nnc(-c2ccc(C)cc2)s1. The van der Waals surface area contributed by atoms with Crippen LogP contribution in [0.15, 0.2) is 48.5 Å². The van der Waals surface area contributed by atoms with Gasteiger partial charge in [0, 0.05) is 5.56 Å². The molecule has 1 aromatic heterocycles. The van der Waals surface area contributed by atoms with Crippen molar-refractivity contribution in [3.63, 3.8) is 0 Å². The number of hydrogen-bond donors (Lipinski definition) is 1. The summed E-state index contributed by atoms with van der Waals surface area (Å²) in [5.41, 5.74) is 2.14. The van der Waals surface area contributed by atoms with Gasteiger partial charge in [-0.2, -0.15) is 0 Å². The van der Waals surface area contributed by atoms with Crippen LogP contribution in [0.2, 0.25) is 0 Å². The van der Waals surface area contributed by atoms with E-state index in [1.165, 1.54) is 16.9 Å². The Hall–Kier alpha value is -2.93. The first kappa shape index (κ1) is 16.9. The van der Waals surface area contributed by atoms with Gasteiger partial charge in [-0.25, -0.2) is 0 Å². The van der Waals surface area contributed by atoms with Gasteiger partial charge in [-0.15, -0.1) is 10.2 Å². The molecular weight excluding hydrogens is 338 g/mol. The van der Waals surface area contributed by atoms with Gasteiger partial charge < -0.3 is 9.47 Å². The van der Waals surface area contributed by atoms with Gasteiger partial charge in [0.05, 0.1) is 7.11 Å². The molecule has 1 N–H and O–H groups in total. The summed E-state index contributed by atoms with van der Waals surface area (Å²) in [7, 11) is 1.55. The first-order valence-electron chi connectivity index (χ1n) is 7.62. The van der Waals surface area contributed by atoms with E-state index in [0.717, 1.165) is 10.6 Å². The molecule has 0 fully saturated rings. The number of rotatable bonds is 6. The Bertz CT molecular complexity index is 862. The highest BCUT2D eigenvalue weighted by Crippen LogP contribution is 2.27. The molecule has 0 saturated heterocycles. The standard InChI is InChI=1S/C18H17N3O3S/c1-12-7-9-13(10-8-12)17-20-21-18(25-17)19-16(22)11-24-15-6-4-3-5-14(15)23-2/h3-10H,11H2,1-2H3,(H,19,21,22). The van der Waals surface area contributed by atoms with E-state index in [1.807, 2.05) is 43.3 Å². The quantitative estimate of drug-likeness (QED) is 0.732. The Morgan fingerprint density at radius 2 is 1.80 bits per heavy atom. The van der Waals surface area contributed by atoms with Crippen LogP contribution in [-0.2, 0) is 4.79 Å². The summed E-state index contributed by atoms with van der Waals surface area (Å²) in [5, 5.41) is 12.0. The van der Waals surface area contributed by atoms with Crippen LogP contribution in [0, 0.1) is 6.92 Å². The summed E-state index contributed by atoms with van der Waals surface area (Å²) in [6.45, 7) is 1.89. The lowest BCUT2D eigenvalue weighted by molar-refractivity contribution is -0.118. The predicted molar refractivity (Wildman–Crippen MR) is 97.2 cm³/mol. The lowest BCUT2D eigenvalue weighted by Crippen LogP contribution is -2.20. The molecule has 0 bridgehead atoms. The number of methoxy groups -OCH3 is 1. The molecule has 0 aliphatic heterocycles. The highest BCUT2D eigenvalue weighted by atomic mass is 32.1. The second-order valence-electron chi connectivity index (χ2n) is 5.27. The van der Waals surface area contributed by atoms with Gasteiger partial charge in [-0.1, -0.05) is 53.3 Å². The average Bonchev–Trinajstić information content (AvgIpc) is 3.09. The highest BCUT2D eigenvalue weighted by molar-refractivity contribution is 7.18. The molecule has 0 spiro atoms. The topological polar surface area (TPSA) is 73.3 Å². The third kappa shape index (κ3) is 4.33. The van der Waals surface area contributed by atoms with E-state index in [0.29, 0.717) is 16.6 Å². The number of nitrogens with one attached hydrogen (secondary N) is 1. The minimum Gasteiger partial charge on any atom is -0.493 e. The monoisotopic (exact) mass is 355 g/mol. The molecule has 0 aliphatic rings. The summed E-state index contributed by atoms with van der Waals surface area (Å²) in [5.74, 6) is 0.781. The Kier molecular flexibility index (Phi) is 5.25. The normalized spacial score (nSPS) is 10.3. The fourth-order valence-electron chi connectivity index (χ4n) is 2.12. The number of anilines is 1. The van der Waals surface area contributed by atoms with Crippen LogP contribution in [0.3, 0.4) is 0 Å². The van der Waals surface area contributed by atoms with Crippen molar-refractivity contribution in [1.82, 2.24) is 10.2 Å². The third-order valence-corrected chi connectivity index (χ3v) is 4.29. The molecule has 3 rings (SSSR count). The number of hydrogen-bond acceptors (Lipinski definition) is 6. The van der Waals surface area contributed by atoms with Crippen LogP contribution in [0.25, 0.3) is 10.6 Å². The number of aromatic nitrogens is 2. The number of ether oxygens (including phenoxy) is 2. The van der Waals surface area contributed by atoms with Crippen molar-refractivity contribution in [2.75, 3.05) is 19.0 Å². The van der Waals surface area contributed by atoms with Crippen LogP contribution < -0.4 is 14.8 Å². The van der Waals surface area contributed by atoms with Crippen LogP contribution in [0.4, 0.5) is 5.13 Å². The van der Waals surface area contributed by atoms with Crippen molar-refractivity contribution in [2.24, 2.45) is 0 Å². The van der Waals surface area contributed by atoms with E-state index in [2.05, 4.69) is 15.5 Å². The summed E-state index contributed by atoms with van der Waals surface area (Å²) >= 11 is 1.32. The van der Waals surface area contributed by atoms with Crippen molar-refractivity contribution in [3.05, 3.63) is 54.1 Å². The van der Waals surface area contributed by atoms with E-state index in [-0.39, 0.29) is 12.5 Å². The highest BCUT2D eigenvalue weighted by Gasteiger charge is 2.11. The molecule has 6 nitrogen and oxygen atoms in total. The molecule has 25 heavy (non-hydrogen) atoms. The lowest BCUT2D eigenvalue weighted by atomic mass is 10.2. The van der Waals surface area contributed by atoms with E-state index in [1.54, 1.807) is 19.2 Å². The van der Waals surface area contributed by atoms with E-state index in [9.17, 15) is 4.79 Å². The smallest absolute Gasteiger partial charge is 0.264 e. The summed E-state index contributed by atoms with van der Waals surface area (Å²) in [6, 6.07) is 15.1. The number of aryl methyl sites for hydroxylation is 1. The molecular formula is C18H17N3O3S. The molecule has 0 saturated carbocycles. The van der Waals surface area contributed by atoms with Gasteiger partial charge in [0.1, 0.15) is 5.01 Å². The fraction of sp³-hybridized carbons (Fsp3) is 0.167. The molecule has 3 aromatic rings. The molecule has 0 aliphatic carbocycles. The Morgan fingerprint density at radius 3 is 2.52 bits per heavy atom. The van der Waals surface area contributed by atoms with Gasteiger partial charge in [0.15, 0.2) is 18.1 Å². The number of amides is 1. The van der Waals surface area contributed by atoms with E-state index >= 15 is 0 Å². The first-order chi connectivity index (χ1) is 12.2. The van der Waals surface area contributed by atoms with E-state index in [4.69, 9.17) is 9.47 Å². The zero-order valence-electron chi connectivity index (χ0n) is 13.9. The van der Waals surface area contributed by atoms with Crippen LogP contribution in [0.1, 0.15) is 5.56 Å². The van der Waals surface area contributed by atoms with Gasteiger partial charge in [-0.05, 0) is 19.1 Å². The first-order valence-corrected chi connectivity index (χ1v) is 8.43. The zero-order valence-corrected chi connectivity index (χ0v) is 14.7. The van der Waals surface area contributed by atoms with Crippen LogP contribution in [-0.4, -0.2) is 29.8 Å². The minimum atomic E-state index is -0.308. The number of benzene rings is 2. The summed E-state index contributed by atoms with van der Waals surface area (Å²) < 4.78 is 10.7. The summed E-state index contributed by atoms with van der Waals surface area (Å²) in [4.78, 5) is 12.0. The molecule has 7 heteroatoms. The molecule has 0 unspecified atom stereocenters. The van der Waals surface area contributed by atoms with E-state index < -0.39 is 0 Å². The maximum atomic E-state index is 12.0. The van der Waals surface area contributed by atoms with Gasteiger partial charge >= 0.3 is 0 Å². The average molecular weight is 355 g/mol. The molecule has 128 valence electrons. The Balaban J connectivity index is 1.59. The Labute approximate surface area is 149 Å². The van der Waals surface area contributed by atoms with Gasteiger partial charge in [0.25, 0.3) is 5.91 Å². The number of carbonyl (C=O) groups excluding carboxylic acids is 1. The number of nitrogens with zero attached hydrogens (tertiary/aromatic N) is 2. The van der Waals surface area contributed by atoms with Crippen molar-refractivity contribution in [2.45, 2.75) is 6.92 Å². The van der Waals surface area contributed by atoms with Crippen molar-refractivity contribution in [3.8, 4) is 22.1 Å². The van der Waals surface area contributed by atoms with Crippen molar-refractivity contribution >= 4 is 22.4 Å². The van der Waals surface area contributed by atoms with Crippen molar-refractivity contribution in [1.29, 1.82) is 0 Å². The molecule has 2 aromatic carbocycles. The molecule has 1 amide bonds. The van der Waals surface area contributed by atoms with Crippen LogP contribution in [0.5, 0.6) is 11.5 Å². The predicted octanol–water partition coefficient (Wildman–Crippen LogP) is 3.54. The molecule has 0 radical (unpaired) electrons. The Morgan fingerprint density at radius 1 is 1.08 bits per heavy atom. The summed E-state index contributed by atoms with van der Waals surface area (Å²) in [6.07, 6.45) is 0. The number of carbonyl (C=O) groups is 1. The largest absolute Gasteiger partial charge is 0.493 e.